The Morgan fingerprint density at radius 2 is 1.56 bits per heavy atom. The lowest BCUT2D eigenvalue weighted by atomic mass is 10.1. The summed E-state index contributed by atoms with van der Waals surface area (Å²) in [5, 5.41) is 6.09. The second kappa shape index (κ2) is 7.70. The zero-order chi connectivity index (χ0) is 17.6. The summed E-state index contributed by atoms with van der Waals surface area (Å²) in [6.45, 7) is 2.28. The van der Waals surface area contributed by atoms with Crippen LogP contribution in [0.15, 0.2) is 54.6 Å². The van der Waals surface area contributed by atoms with Crippen LogP contribution in [0, 0.1) is 18.6 Å². The van der Waals surface area contributed by atoms with Gasteiger partial charge in [-0.1, -0.05) is 30.3 Å². The van der Waals surface area contributed by atoms with Crippen LogP contribution in [-0.2, 0) is 6.42 Å². The summed E-state index contributed by atoms with van der Waals surface area (Å²) in [4.78, 5) is 8.56. The first kappa shape index (κ1) is 16.8. The van der Waals surface area contributed by atoms with E-state index < -0.39 is 0 Å². The maximum absolute atomic E-state index is 13.7. The second-order valence-corrected chi connectivity index (χ2v) is 5.56. The fourth-order valence-electron chi connectivity index (χ4n) is 2.45. The van der Waals surface area contributed by atoms with Gasteiger partial charge in [-0.25, -0.2) is 18.7 Å². The topological polar surface area (TPSA) is 49.8 Å². The molecule has 2 N–H and O–H groups in total. The van der Waals surface area contributed by atoms with E-state index in [2.05, 4.69) is 20.6 Å². The second-order valence-electron chi connectivity index (χ2n) is 5.56. The molecule has 1 aromatic heterocycles. The van der Waals surface area contributed by atoms with Crippen molar-refractivity contribution in [3.8, 4) is 0 Å². The summed E-state index contributed by atoms with van der Waals surface area (Å²) >= 11 is 0. The van der Waals surface area contributed by atoms with Crippen LogP contribution < -0.4 is 10.6 Å². The summed E-state index contributed by atoms with van der Waals surface area (Å²) in [6.07, 6.45) is 0.534. The number of halogens is 2. The smallest absolute Gasteiger partial charge is 0.146 e. The van der Waals surface area contributed by atoms with Crippen LogP contribution in [-0.4, -0.2) is 16.5 Å². The molecule has 0 amide bonds. The van der Waals surface area contributed by atoms with Crippen LogP contribution >= 0.6 is 0 Å². The number of nitrogens with zero attached hydrogens (tertiary/aromatic N) is 2. The average molecular weight is 340 g/mol. The third kappa shape index (κ3) is 4.50. The Bertz CT molecular complexity index is 868. The van der Waals surface area contributed by atoms with E-state index in [0.717, 1.165) is 0 Å². The maximum atomic E-state index is 13.7. The highest BCUT2D eigenvalue weighted by Crippen LogP contribution is 2.20. The molecule has 0 fully saturated rings. The third-order valence-electron chi connectivity index (χ3n) is 3.63. The molecule has 0 saturated carbocycles. The lowest BCUT2D eigenvalue weighted by molar-refractivity contribution is 0.610. The highest BCUT2D eigenvalue weighted by molar-refractivity contribution is 5.59. The van der Waals surface area contributed by atoms with Gasteiger partial charge in [-0.2, -0.15) is 0 Å². The van der Waals surface area contributed by atoms with Crippen molar-refractivity contribution in [2.45, 2.75) is 13.3 Å². The summed E-state index contributed by atoms with van der Waals surface area (Å²) in [7, 11) is 0. The number of para-hydroxylation sites is 1. The van der Waals surface area contributed by atoms with E-state index in [0.29, 0.717) is 41.7 Å². The number of hydrogen-bond donors (Lipinski definition) is 2. The van der Waals surface area contributed by atoms with Gasteiger partial charge in [-0.3, -0.25) is 0 Å². The molecular formula is C19H18F2N4. The largest absolute Gasteiger partial charge is 0.370 e. The fourth-order valence-corrected chi connectivity index (χ4v) is 2.45. The highest BCUT2D eigenvalue weighted by atomic mass is 19.1. The normalized spacial score (nSPS) is 10.5. The van der Waals surface area contributed by atoms with Crippen LogP contribution in [0.4, 0.5) is 26.1 Å². The van der Waals surface area contributed by atoms with Crippen LogP contribution in [0.25, 0.3) is 0 Å². The number of benzene rings is 2. The maximum Gasteiger partial charge on any atom is 0.146 e. The Kier molecular flexibility index (Phi) is 5.18. The number of nitrogens with one attached hydrogen (secondary N) is 2. The van der Waals surface area contributed by atoms with Crippen molar-refractivity contribution in [3.63, 3.8) is 0 Å². The Morgan fingerprint density at radius 3 is 2.32 bits per heavy atom. The van der Waals surface area contributed by atoms with Crippen molar-refractivity contribution in [2.24, 2.45) is 0 Å². The van der Waals surface area contributed by atoms with Gasteiger partial charge in [-0.15, -0.1) is 0 Å². The van der Waals surface area contributed by atoms with Crippen molar-refractivity contribution in [1.82, 2.24) is 9.97 Å². The first-order valence-corrected chi connectivity index (χ1v) is 7.96. The molecule has 0 radical (unpaired) electrons. The van der Waals surface area contributed by atoms with Crippen molar-refractivity contribution in [3.05, 3.63) is 77.6 Å². The SMILES string of the molecule is Cc1nc(NCCc2ccccc2F)cc(Nc2ccccc2F)n1. The predicted molar refractivity (Wildman–Crippen MR) is 95.0 cm³/mol. The van der Waals surface area contributed by atoms with Crippen LogP contribution in [0.5, 0.6) is 0 Å². The molecule has 3 aromatic rings. The van der Waals surface area contributed by atoms with E-state index in [1.54, 1.807) is 43.3 Å². The minimum atomic E-state index is -0.354. The molecule has 0 aliphatic carbocycles. The van der Waals surface area contributed by atoms with E-state index in [1.165, 1.54) is 12.1 Å². The van der Waals surface area contributed by atoms with Crippen molar-refractivity contribution in [1.29, 1.82) is 0 Å². The summed E-state index contributed by atoms with van der Waals surface area (Å²) in [5.41, 5.74) is 0.989. The predicted octanol–water partition coefficient (Wildman–Crippen LogP) is 4.46. The molecular weight excluding hydrogens is 322 g/mol. The quantitative estimate of drug-likeness (QED) is 0.695. The molecule has 128 valence electrons. The molecule has 4 nitrogen and oxygen atoms in total. The summed E-state index contributed by atoms with van der Waals surface area (Å²) in [5.74, 6) is 1.07. The molecule has 0 bridgehead atoms. The van der Waals surface area contributed by atoms with E-state index in [1.807, 2.05) is 6.07 Å². The molecule has 25 heavy (non-hydrogen) atoms. The molecule has 2 aromatic carbocycles. The molecule has 1 heterocycles. The minimum absolute atomic E-state index is 0.218. The zero-order valence-corrected chi connectivity index (χ0v) is 13.8. The van der Waals surface area contributed by atoms with Gasteiger partial charge >= 0.3 is 0 Å². The Morgan fingerprint density at radius 1 is 0.880 bits per heavy atom. The van der Waals surface area contributed by atoms with E-state index >= 15 is 0 Å². The Balaban J connectivity index is 1.67. The average Bonchev–Trinajstić information content (AvgIpc) is 2.58. The molecule has 3 rings (SSSR count). The fraction of sp³-hybridized carbons (Fsp3) is 0.158. The van der Waals surface area contributed by atoms with Gasteiger partial charge in [0.1, 0.15) is 29.1 Å². The Hall–Kier alpha value is -3.02. The number of aromatic nitrogens is 2. The monoisotopic (exact) mass is 340 g/mol. The van der Waals surface area contributed by atoms with E-state index in [9.17, 15) is 8.78 Å². The molecule has 0 unspecified atom stereocenters. The van der Waals surface area contributed by atoms with Gasteiger partial charge < -0.3 is 10.6 Å². The first-order chi connectivity index (χ1) is 12.1. The number of rotatable bonds is 6. The Labute approximate surface area is 145 Å². The zero-order valence-electron chi connectivity index (χ0n) is 13.8. The molecule has 0 saturated heterocycles. The van der Waals surface area contributed by atoms with Crippen molar-refractivity contribution < 1.29 is 8.78 Å². The first-order valence-electron chi connectivity index (χ1n) is 7.96. The molecule has 0 spiro atoms. The molecule has 6 heteroatoms. The molecule has 0 aliphatic heterocycles. The number of hydrogen-bond acceptors (Lipinski definition) is 4. The van der Waals surface area contributed by atoms with Gasteiger partial charge in [-0.05, 0) is 37.1 Å². The van der Waals surface area contributed by atoms with Crippen LogP contribution in [0.3, 0.4) is 0 Å². The van der Waals surface area contributed by atoms with Gasteiger partial charge in [0.15, 0.2) is 0 Å². The van der Waals surface area contributed by atoms with Crippen LogP contribution in [0.1, 0.15) is 11.4 Å². The summed E-state index contributed by atoms with van der Waals surface area (Å²) in [6, 6.07) is 14.8. The van der Waals surface area contributed by atoms with E-state index in [4.69, 9.17) is 0 Å². The van der Waals surface area contributed by atoms with Crippen molar-refractivity contribution in [2.75, 3.05) is 17.2 Å². The van der Waals surface area contributed by atoms with E-state index in [-0.39, 0.29) is 11.6 Å². The third-order valence-corrected chi connectivity index (χ3v) is 3.63. The highest BCUT2D eigenvalue weighted by Gasteiger charge is 2.06. The number of aryl methyl sites for hydroxylation is 1. The van der Waals surface area contributed by atoms with Crippen LogP contribution in [0.2, 0.25) is 0 Å². The minimum Gasteiger partial charge on any atom is -0.370 e. The van der Waals surface area contributed by atoms with Crippen molar-refractivity contribution >= 4 is 17.3 Å². The number of anilines is 3. The molecule has 0 atom stereocenters. The lowest BCUT2D eigenvalue weighted by Crippen LogP contribution is -2.09. The van der Waals surface area contributed by atoms with Gasteiger partial charge in [0, 0.05) is 12.6 Å². The van der Waals surface area contributed by atoms with Gasteiger partial charge in [0.2, 0.25) is 0 Å². The molecule has 0 aliphatic rings. The lowest BCUT2D eigenvalue weighted by Gasteiger charge is -2.11. The van der Waals surface area contributed by atoms with Gasteiger partial charge in [0.25, 0.3) is 0 Å². The standard InChI is InChI=1S/C19H18F2N4/c1-13-23-18(22-11-10-14-6-2-3-7-15(14)20)12-19(24-13)25-17-9-5-4-8-16(17)21/h2-9,12H,10-11H2,1H3,(H2,22,23,24,25). The summed E-state index contributed by atoms with van der Waals surface area (Å²) < 4.78 is 27.4. The van der Waals surface area contributed by atoms with Gasteiger partial charge in [0.05, 0.1) is 5.69 Å².